The van der Waals surface area contributed by atoms with Crippen LogP contribution in [0.1, 0.15) is 50.7 Å². The Kier molecular flexibility index (Phi) is 9.00. The van der Waals surface area contributed by atoms with Crippen molar-refractivity contribution in [3.63, 3.8) is 0 Å². The van der Waals surface area contributed by atoms with Crippen LogP contribution in [0.2, 0.25) is 5.02 Å². The lowest BCUT2D eigenvalue weighted by atomic mass is 10.1. The summed E-state index contributed by atoms with van der Waals surface area (Å²) in [5, 5.41) is 3.73. The summed E-state index contributed by atoms with van der Waals surface area (Å²) in [6, 6.07) is 12.7. The largest absolute Gasteiger partial charge is 0.483 e. The van der Waals surface area contributed by atoms with E-state index in [2.05, 4.69) is 28.2 Å². The van der Waals surface area contributed by atoms with Gasteiger partial charge in [0.1, 0.15) is 11.8 Å². The average Bonchev–Trinajstić information content (AvgIpc) is 3.30. The first-order valence-electron chi connectivity index (χ1n) is 11.1. The maximum atomic E-state index is 13.2. The second-order valence-electron chi connectivity index (χ2n) is 8.22. The Morgan fingerprint density at radius 2 is 1.81 bits per heavy atom. The molecule has 5 nitrogen and oxygen atoms in total. The first kappa shape index (κ1) is 24.6. The number of rotatable bonds is 9. The minimum absolute atomic E-state index is 0.132. The standard InChI is InChI=1S/C25H30BrClN2O3/c1-3-18-10-13-23(22(26)14-18)32-16-24(30)29(15-19-8-11-20(27)12-9-19)17(2)25(31)28-21-6-4-5-7-21/h8-14,17,21H,3-7,15-16H2,1-2H3,(H,28,31)/t17-/m1/s1. The van der Waals surface area contributed by atoms with E-state index in [9.17, 15) is 9.59 Å². The van der Waals surface area contributed by atoms with E-state index in [1.54, 1.807) is 24.0 Å². The smallest absolute Gasteiger partial charge is 0.261 e. The number of aryl methyl sites for hydroxylation is 1. The number of nitrogens with zero attached hydrogens (tertiary/aromatic N) is 1. The summed E-state index contributed by atoms with van der Waals surface area (Å²) in [5.41, 5.74) is 2.08. The van der Waals surface area contributed by atoms with Gasteiger partial charge in [0.15, 0.2) is 6.61 Å². The van der Waals surface area contributed by atoms with E-state index in [1.807, 2.05) is 30.3 Å². The third-order valence-electron chi connectivity index (χ3n) is 5.89. The van der Waals surface area contributed by atoms with Crippen LogP contribution in [0.4, 0.5) is 0 Å². The summed E-state index contributed by atoms with van der Waals surface area (Å²) in [5.74, 6) is 0.221. The van der Waals surface area contributed by atoms with Gasteiger partial charge in [0.05, 0.1) is 4.47 Å². The molecule has 0 radical (unpaired) electrons. The summed E-state index contributed by atoms with van der Waals surface area (Å²) in [6.07, 6.45) is 5.17. The van der Waals surface area contributed by atoms with Crippen LogP contribution in [-0.4, -0.2) is 35.4 Å². The molecule has 7 heteroatoms. The van der Waals surface area contributed by atoms with E-state index in [1.165, 1.54) is 5.56 Å². The molecule has 0 saturated heterocycles. The van der Waals surface area contributed by atoms with Gasteiger partial charge >= 0.3 is 0 Å². The topological polar surface area (TPSA) is 58.6 Å². The summed E-state index contributed by atoms with van der Waals surface area (Å²) in [6.45, 7) is 4.00. The molecule has 0 aliphatic heterocycles. The van der Waals surface area contributed by atoms with Crippen LogP contribution in [0.5, 0.6) is 5.75 Å². The van der Waals surface area contributed by atoms with Gasteiger partial charge in [-0.05, 0) is 77.5 Å². The lowest BCUT2D eigenvalue weighted by Gasteiger charge is -2.29. The number of benzene rings is 2. The van der Waals surface area contributed by atoms with Gasteiger partial charge < -0.3 is 15.0 Å². The van der Waals surface area contributed by atoms with Crippen molar-refractivity contribution in [1.29, 1.82) is 0 Å². The van der Waals surface area contributed by atoms with Crippen molar-refractivity contribution in [2.45, 2.75) is 64.6 Å². The van der Waals surface area contributed by atoms with Gasteiger partial charge in [-0.2, -0.15) is 0 Å². The van der Waals surface area contributed by atoms with E-state index in [0.29, 0.717) is 17.3 Å². The third-order valence-corrected chi connectivity index (χ3v) is 6.76. The maximum absolute atomic E-state index is 13.2. The molecule has 1 aliphatic rings. The molecule has 172 valence electrons. The summed E-state index contributed by atoms with van der Waals surface area (Å²) in [4.78, 5) is 27.7. The number of carbonyl (C=O) groups excluding carboxylic acids is 2. The Bertz CT molecular complexity index is 929. The number of carbonyl (C=O) groups is 2. The number of ether oxygens (including phenoxy) is 1. The molecule has 1 atom stereocenters. The Morgan fingerprint density at radius 3 is 2.44 bits per heavy atom. The van der Waals surface area contributed by atoms with Crippen molar-refractivity contribution in [2.24, 2.45) is 0 Å². The molecular weight excluding hydrogens is 492 g/mol. The zero-order chi connectivity index (χ0) is 23.1. The summed E-state index contributed by atoms with van der Waals surface area (Å²) < 4.78 is 6.61. The minimum atomic E-state index is -0.617. The van der Waals surface area contributed by atoms with Gasteiger partial charge in [-0.1, -0.05) is 49.6 Å². The van der Waals surface area contributed by atoms with E-state index in [0.717, 1.165) is 42.1 Å². The molecule has 32 heavy (non-hydrogen) atoms. The molecule has 0 bridgehead atoms. The third kappa shape index (κ3) is 6.72. The van der Waals surface area contributed by atoms with Crippen molar-refractivity contribution in [2.75, 3.05) is 6.61 Å². The Balaban J connectivity index is 1.71. The molecule has 0 aromatic heterocycles. The SMILES string of the molecule is CCc1ccc(OCC(=O)N(Cc2ccc(Cl)cc2)[C@H](C)C(=O)NC2CCCC2)c(Br)c1. The predicted octanol–water partition coefficient (Wildman–Crippen LogP) is 5.52. The second kappa shape index (κ2) is 11.7. The Hall–Kier alpha value is -2.05. The van der Waals surface area contributed by atoms with Gasteiger partial charge in [0.2, 0.25) is 5.91 Å². The van der Waals surface area contributed by atoms with Crippen molar-refractivity contribution >= 4 is 39.3 Å². The van der Waals surface area contributed by atoms with E-state index in [4.69, 9.17) is 16.3 Å². The van der Waals surface area contributed by atoms with Crippen LogP contribution in [0.15, 0.2) is 46.9 Å². The van der Waals surface area contributed by atoms with Crippen LogP contribution in [0.25, 0.3) is 0 Å². The molecule has 2 aromatic carbocycles. The van der Waals surface area contributed by atoms with Crippen LogP contribution in [0.3, 0.4) is 0 Å². The number of hydrogen-bond donors (Lipinski definition) is 1. The molecule has 1 fully saturated rings. The number of amides is 2. The zero-order valence-corrected chi connectivity index (χ0v) is 20.9. The second-order valence-corrected chi connectivity index (χ2v) is 9.51. The lowest BCUT2D eigenvalue weighted by Crippen LogP contribution is -2.50. The first-order chi connectivity index (χ1) is 15.4. The fraction of sp³-hybridized carbons (Fsp3) is 0.440. The molecule has 0 unspecified atom stereocenters. The summed E-state index contributed by atoms with van der Waals surface area (Å²) >= 11 is 9.51. The molecule has 1 aliphatic carbocycles. The van der Waals surface area contributed by atoms with Crippen molar-refractivity contribution in [3.8, 4) is 5.75 Å². The number of halogens is 2. The highest BCUT2D eigenvalue weighted by Crippen LogP contribution is 2.26. The van der Waals surface area contributed by atoms with Crippen LogP contribution in [-0.2, 0) is 22.6 Å². The first-order valence-corrected chi connectivity index (χ1v) is 12.3. The van der Waals surface area contributed by atoms with Crippen molar-refractivity contribution in [1.82, 2.24) is 10.2 Å². The molecule has 3 rings (SSSR count). The normalized spacial score (nSPS) is 14.8. The monoisotopic (exact) mass is 520 g/mol. The van der Waals surface area contributed by atoms with Crippen LogP contribution < -0.4 is 10.1 Å². The molecule has 0 heterocycles. The maximum Gasteiger partial charge on any atom is 0.261 e. The molecular formula is C25H30BrClN2O3. The Morgan fingerprint density at radius 1 is 1.16 bits per heavy atom. The summed E-state index contributed by atoms with van der Waals surface area (Å²) in [7, 11) is 0. The molecule has 1 N–H and O–H groups in total. The van der Waals surface area contributed by atoms with Gasteiger partial charge in [-0.3, -0.25) is 9.59 Å². The van der Waals surface area contributed by atoms with Gasteiger partial charge in [-0.15, -0.1) is 0 Å². The zero-order valence-electron chi connectivity index (χ0n) is 18.6. The van der Waals surface area contributed by atoms with Crippen molar-refractivity contribution in [3.05, 3.63) is 63.1 Å². The van der Waals surface area contributed by atoms with E-state index in [-0.39, 0.29) is 24.5 Å². The highest BCUT2D eigenvalue weighted by molar-refractivity contribution is 9.10. The lowest BCUT2D eigenvalue weighted by molar-refractivity contribution is -0.142. The van der Waals surface area contributed by atoms with E-state index < -0.39 is 6.04 Å². The quantitative estimate of drug-likeness (QED) is 0.473. The molecule has 2 amide bonds. The Labute approximate surface area is 203 Å². The van der Waals surface area contributed by atoms with Crippen LogP contribution in [0, 0.1) is 0 Å². The molecule has 2 aromatic rings. The highest BCUT2D eigenvalue weighted by Gasteiger charge is 2.28. The number of nitrogens with one attached hydrogen (secondary N) is 1. The highest BCUT2D eigenvalue weighted by atomic mass is 79.9. The van der Waals surface area contributed by atoms with Gasteiger partial charge in [-0.25, -0.2) is 0 Å². The number of hydrogen-bond acceptors (Lipinski definition) is 3. The van der Waals surface area contributed by atoms with Gasteiger partial charge in [0, 0.05) is 17.6 Å². The van der Waals surface area contributed by atoms with Crippen molar-refractivity contribution < 1.29 is 14.3 Å². The fourth-order valence-electron chi connectivity index (χ4n) is 3.86. The predicted molar refractivity (Wildman–Crippen MR) is 131 cm³/mol. The average molecular weight is 522 g/mol. The van der Waals surface area contributed by atoms with E-state index >= 15 is 0 Å². The van der Waals surface area contributed by atoms with Crippen LogP contribution >= 0.6 is 27.5 Å². The molecule has 0 spiro atoms. The minimum Gasteiger partial charge on any atom is -0.483 e. The molecule has 1 saturated carbocycles. The fourth-order valence-corrected chi connectivity index (χ4v) is 4.53. The van der Waals surface area contributed by atoms with Gasteiger partial charge in [0.25, 0.3) is 5.91 Å².